The molecule has 1 saturated heterocycles. The molecule has 0 radical (unpaired) electrons. The number of likely N-dealkylation sites (tertiary alicyclic amines) is 1. The summed E-state index contributed by atoms with van der Waals surface area (Å²) in [6.07, 6.45) is 24.8. The van der Waals surface area contributed by atoms with Crippen LogP contribution in [0.25, 0.3) is 0 Å². The molecule has 0 saturated carbocycles. The first-order chi connectivity index (χ1) is 12.4. The third kappa shape index (κ3) is 18.4. The average Bonchev–Trinajstić information content (AvgIpc) is 3.14. The minimum Gasteiger partial charge on any atom is -0.303 e. The summed E-state index contributed by atoms with van der Waals surface area (Å²) >= 11 is 2.19. The van der Waals surface area contributed by atoms with Crippen molar-refractivity contribution in [2.75, 3.05) is 31.1 Å². The van der Waals surface area contributed by atoms with E-state index in [2.05, 4.69) is 23.6 Å². The zero-order valence-electron chi connectivity index (χ0n) is 17.8. The summed E-state index contributed by atoms with van der Waals surface area (Å²) in [6, 6.07) is 0. The van der Waals surface area contributed by atoms with Crippen LogP contribution in [0.1, 0.15) is 116 Å². The SMILES string of the molecule is CCCCCCCCCCCCCCCCSCCCN1CCCC1.I. The van der Waals surface area contributed by atoms with Gasteiger partial charge in [-0.15, -0.1) is 24.0 Å². The van der Waals surface area contributed by atoms with E-state index in [1.54, 1.807) is 0 Å². The summed E-state index contributed by atoms with van der Waals surface area (Å²) in [6.45, 7) is 6.38. The molecule has 0 aromatic rings. The second-order valence-electron chi connectivity index (χ2n) is 8.11. The van der Waals surface area contributed by atoms with Crippen LogP contribution >= 0.6 is 35.7 Å². The highest BCUT2D eigenvalue weighted by Crippen LogP contribution is 2.15. The van der Waals surface area contributed by atoms with Gasteiger partial charge in [-0.2, -0.15) is 11.8 Å². The number of hydrogen-bond donors (Lipinski definition) is 0. The van der Waals surface area contributed by atoms with Crippen LogP contribution in [0.5, 0.6) is 0 Å². The lowest BCUT2D eigenvalue weighted by atomic mass is 10.0. The third-order valence-corrected chi connectivity index (χ3v) is 6.76. The van der Waals surface area contributed by atoms with Gasteiger partial charge in [0.1, 0.15) is 0 Å². The van der Waals surface area contributed by atoms with Gasteiger partial charge >= 0.3 is 0 Å². The Hall–Kier alpha value is 1.04. The molecular formula is C23H48INS. The Kier molecular flexibility index (Phi) is 23.2. The predicted octanol–water partition coefficient (Wildman–Crippen LogP) is 8.30. The zero-order valence-corrected chi connectivity index (χ0v) is 21.0. The fourth-order valence-electron chi connectivity index (χ4n) is 3.90. The molecule has 1 heterocycles. The molecule has 0 N–H and O–H groups in total. The average molecular weight is 498 g/mol. The fourth-order valence-corrected chi connectivity index (χ4v) is 4.84. The maximum atomic E-state index is 2.65. The van der Waals surface area contributed by atoms with Gasteiger partial charge in [0, 0.05) is 0 Å². The van der Waals surface area contributed by atoms with Gasteiger partial charge in [0.15, 0.2) is 0 Å². The second kappa shape index (κ2) is 22.3. The number of rotatable bonds is 19. The molecule has 0 aliphatic carbocycles. The van der Waals surface area contributed by atoms with Crippen LogP contribution in [0.4, 0.5) is 0 Å². The zero-order chi connectivity index (χ0) is 17.8. The predicted molar refractivity (Wildman–Crippen MR) is 133 cm³/mol. The van der Waals surface area contributed by atoms with Gasteiger partial charge in [-0.25, -0.2) is 0 Å². The monoisotopic (exact) mass is 497 g/mol. The van der Waals surface area contributed by atoms with E-state index in [-0.39, 0.29) is 24.0 Å². The van der Waals surface area contributed by atoms with E-state index >= 15 is 0 Å². The minimum absolute atomic E-state index is 0. The Labute approximate surface area is 187 Å². The van der Waals surface area contributed by atoms with Crippen LogP contribution in [0.15, 0.2) is 0 Å². The topological polar surface area (TPSA) is 3.24 Å². The van der Waals surface area contributed by atoms with Crippen LogP contribution in [0.2, 0.25) is 0 Å². The van der Waals surface area contributed by atoms with Gasteiger partial charge in [-0.05, 0) is 56.8 Å². The van der Waals surface area contributed by atoms with Gasteiger partial charge < -0.3 is 4.90 Å². The molecule has 1 aliphatic rings. The quantitative estimate of drug-likeness (QED) is 0.130. The number of nitrogens with zero attached hydrogens (tertiary/aromatic N) is 1. The largest absolute Gasteiger partial charge is 0.303 e. The van der Waals surface area contributed by atoms with E-state index in [1.165, 1.54) is 140 Å². The molecule has 1 aliphatic heterocycles. The highest BCUT2D eigenvalue weighted by molar-refractivity contribution is 14.0. The lowest BCUT2D eigenvalue weighted by Gasteiger charge is -2.13. The van der Waals surface area contributed by atoms with Crippen molar-refractivity contribution in [1.82, 2.24) is 4.90 Å². The molecule has 1 rings (SSSR count). The standard InChI is InChI=1S/C23H47NS.HI/c1-2-3-4-5-6-7-8-9-10-11-12-13-14-17-22-25-23-18-21-24-19-15-16-20-24;/h2-23H2,1H3;1H. The summed E-state index contributed by atoms with van der Waals surface area (Å²) in [5.74, 6) is 2.78. The van der Waals surface area contributed by atoms with Gasteiger partial charge in [-0.3, -0.25) is 0 Å². The van der Waals surface area contributed by atoms with Gasteiger partial charge in [0.05, 0.1) is 0 Å². The fraction of sp³-hybridized carbons (Fsp3) is 1.00. The van der Waals surface area contributed by atoms with E-state index in [4.69, 9.17) is 0 Å². The van der Waals surface area contributed by atoms with Crippen LogP contribution in [-0.4, -0.2) is 36.0 Å². The molecule has 158 valence electrons. The smallest absolute Gasteiger partial charge is 0.00109 e. The van der Waals surface area contributed by atoms with E-state index in [0.29, 0.717) is 0 Å². The Morgan fingerprint density at radius 1 is 0.577 bits per heavy atom. The van der Waals surface area contributed by atoms with Crippen LogP contribution < -0.4 is 0 Å². The van der Waals surface area contributed by atoms with E-state index in [1.807, 2.05) is 0 Å². The highest BCUT2D eigenvalue weighted by Gasteiger charge is 2.09. The maximum absolute atomic E-state index is 2.65. The Morgan fingerprint density at radius 3 is 1.50 bits per heavy atom. The number of hydrogen-bond acceptors (Lipinski definition) is 2. The molecule has 0 unspecified atom stereocenters. The molecule has 0 aromatic heterocycles. The van der Waals surface area contributed by atoms with Gasteiger partial charge in [-0.1, -0.05) is 90.4 Å². The van der Waals surface area contributed by atoms with E-state index in [0.717, 1.165) is 0 Å². The normalized spacial score (nSPS) is 14.7. The second-order valence-corrected chi connectivity index (χ2v) is 9.34. The molecule has 0 atom stereocenters. The molecule has 1 fully saturated rings. The molecule has 0 spiro atoms. The molecule has 3 heteroatoms. The van der Waals surface area contributed by atoms with Crippen molar-refractivity contribution in [1.29, 1.82) is 0 Å². The number of halogens is 1. The summed E-state index contributed by atoms with van der Waals surface area (Å²) in [7, 11) is 0. The first-order valence-electron chi connectivity index (χ1n) is 11.7. The van der Waals surface area contributed by atoms with Crippen molar-refractivity contribution < 1.29 is 0 Å². The Balaban J connectivity index is 0.00000625. The molecule has 0 aromatic carbocycles. The number of thioether (sulfide) groups is 1. The highest BCUT2D eigenvalue weighted by atomic mass is 127. The molecule has 0 bridgehead atoms. The Bertz CT molecular complexity index is 257. The third-order valence-electron chi connectivity index (χ3n) is 5.60. The van der Waals surface area contributed by atoms with Gasteiger partial charge in [0.25, 0.3) is 0 Å². The van der Waals surface area contributed by atoms with Crippen LogP contribution in [0, 0.1) is 0 Å². The number of unbranched alkanes of at least 4 members (excludes halogenated alkanes) is 13. The van der Waals surface area contributed by atoms with Crippen molar-refractivity contribution >= 4 is 35.7 Å². The molecule has 1 nitrogen and oxygen atoms in total. The summed E-state index contributed by atoms with van der Waals surface area (Å²) in [4.78, 5) is 2.65. The first kappa shape index (κ1) is 27.0. The first-order valence-corrected chi connectivity index (χ1v) is 12.9. The van der Waals surface area contributed by atoms with Crippen molar-refractivity contribution in [3.63, 3.8) is 0 Å². The minimum atomic E-state index is 0. The summed E-state index contributed by atoms with van der Waals surface area (Å²) < 4.78 is 0. The van der Waals surface area contributed by atoms with Crippen molar-refractivity contribution in [2.24, 2.45) is 0 Å². The van der Waals surface area contributed by atoms with E-state index < -0.39 is 0 Å². The van der Waals surface area contributed by atoms with Gasteiger partial charge in [0.2, 0.25) is 0 Å². The Morgan fingerprint density at radius 2 is 1.00 bits per heavy atom. The lowest BCUT2D eigenvalue weighted by molar-refractivity contribution is 0.341. The van der Waals surface area contributed by atoms with Crippen molar-refractivity contribution in [3.05, 3.63) is 0 Å². The van der Waals surface area contributed by atoms with Crippen LogP contribution in [-0.2, 0) is 0 Å². The van der Waals surface area contributed by atoms with Crippen molar-refractivity contribution in [2.45, 2.75) is 116 Å². The van der Waals surface area contributed by atoms with Crippen LogP contribution in [0.3, 0.4) is 0 Å². The molecule has 26 heavy (non-hydrogen) atoms. The summed E-state index contributed by atoms with van der Waals surface area (Å²) in [5, 5.41) is 0. The lowest BCUT2D eigenvalue weighted by Crippen LogP contribution is -2.20. The molecular weight excluding hydrogens is 449 g/mol. The van der Waals surface area contributed by atoms with E-state index in [9.17, 15) is 0 Å². The maximum Gasteiger partial charge on any atom is -0.00109 e. The molecule has 0 amide bonds. The summed E-state index contributed by atoms with van der Waals surface area (Å²) in [5.41, 5.74) is 0. The van der Waals surface area contributed by atoms with Crippen molar-refractivity contribution in [3.8, 4) is 0 Å².